The van der Waals surface area contributed by atoms with Crippen LogP contribution in [0.15, 0.2) is 24.5 Å². The molecule has 3 aliphatic heterocycles. The minimum atomic E-state index is 0.771. The van der Waals surface area contributed by atoms with Crippen molar-refractivity contribution < 1.29 is 4.74 Å². The molecule has 3 fully saturated rings. The SMILES string of the molecule is c1cc(CN2CC[C@H]3[C@@H]2CCN3CC2CCOCC2)ccn1. The predicted octanol–water partition coefficient (Wildman–Crippen LogP) is 2.16. The summed E-state index contributed by atoms with van der Waals surface area (Å²) >= 11 is 0. The Labute approximate surface area is 133 Å². The summed E-state index contributed by atoms with van der Waals surface area (Å²) in [6, 6.07) is 5.88. The topological polar surface area (TPSA) is 28.6 Å². The Hall–Kier alpha value is -0.970. The van der Waals surface area contributed by atoms with Gasteiger partial charge in [-0.1, -0.05) is 0 Å². The zero-order chi connectivity index (χ0) is 14.8. The molecule has 120 valence electrons. The summed E-state index contributed by atoms with van der Waals surface area (Å²) in [4.78, 5) is 9.61. The maximum Gasteiger partial charge on any atom is 0.0469 e. The fraction of sp³-hybridized carbons (Fsp3) is 0.722. The molecule has 4 heterocycles. The molecular formula is C18H27N3O. The molecule has 0 radical (unpaired) electrons. The van der Waals surface area contributed by atoms with Crippen LogP contribution in [0.2, 0.25) is 0 Å². The molecule has 22 heavy (non-hydrogen) atoms. The van der Waals surface area contributed by atoms with E-state index in [1.165, 1.54) is 50.9 Å². The number of likely N-dealkylation sites (tertiary alicyclic amines) is 2. The molecule has 4 heteroatoms. The van der Waals surface area contributed by atoms with Gasteiger partial charge in [-0.15, -0.1) is 0 Å². The lowest BCUT2D eigenvalue weighted by molar-refractivity contribution is 0.0504. The van der Waals surface area contributed by atoms with E-state index in [1.54, 1.807) is 0 Å². The van der Waals surface area contributed by atoms with Crippen molar-refractivity contribution in [2.45, 2.75) is 44.3 Å². The minimum absolute atomic E-state index is 0.771. The molecule has 0 N–H and O–H groups in total. The first-order chi connectivity index (χ1) is 10.9. The van der Waals surface area contributed by atoms with Crippen molar-refractivity contribution >= 4 is 0 Å². The van der Waals surface area contributed by atoms with Gasteiger partial charge in [-0.25, -0.2) is 0 Å². The highest BCUT2D eigenvalue weighted by Crippen LogP contribution is 2.33. The predicted molar refractivity (Wildman–Crippen MR) is 86.6 cm³/mol. The summed E-state index contributed by atoms with van der Waals surface area (Å²) in [6.45, 7) is 6.88. The van der Waals surface area contributed by atoms with Crippen LogP contribution >= 0.6 is 0 Å². The van der Waals surface area contributed by atoms with Crippen LogP contribution in [0.5, 0.6) is 0 Å². The molecule has 0 spiro atoms. The van der Waals surface area contributed by atoms with Crippen LogP contribution in [-0.4, -0.2) is 59.7 Å². The van der Waals surface area contributed by atoms with Crippen LogP contribution in [0.4, 0.5) is 0 Å². The lowest BCUT2D eigenvalue weighted by Crippen LogP contribution is -2.39. The van der Waals surface area contributed by atoms with Crippen LogP contribution in [0, 0.1) is 5.92 Å². The number of pyridine rings is 1. The fourth-order valence-electron chi connectivity index (χ4n) is 4.57. The zero-order valence-electron chi connectivity index (χ0n) is 13.4. The van der Waals surface area contributed by atoms with Gasteiger partial charge in [-0.2, -0.15) is 0 Å². The average Bonchev–Trinajstić information content (AvgIpc) is 3.14. The molecule has 0 aromatic carbocycles. The maximum atomic E-state index is 5.50. The van der Waals surface area contributed by atoms with E-state index in [0.717, 1.165) is 37.8 Å². The Kier molecular flexibility index (Phi) is 4.42. The minimum Gasteiger partial charge on any atom is -0.381 e. The Morgan fingerprint density at radius 1 is 0.955 bits per heavy atom. The molecule has 3 saturated heterocycles. The van der Waals surface area contributed by atoms with E-state index in [1.807, 2.05) is 12.4 Å². The first-order valence-electron chi connectivity index (χ1n) is 8.85. The van der Waals surface area contributed by atoms with Crippen LogP contribution < -0.4 is 0 Å². The summed E-state index contributed by atoms with van der Waals surface area (Å²) in [6.07, 6.45) is 9.03. The van der Waals surface area contributed by atoms with E-state index in [-0.39, 0.29) is 0 Å². The Morgan fingerprint density at radius 3 is 2.41 bits per heavy atom. The molecule has 0 unspecified atom stereocenters. The largest absolute Gasteiger partial charge is 0.381 e. The Bertz CT molecular complexity index is 474. The van der Waals surface area contributed by atoms with Crippen LogP contribution in [0.3, 0.4) is 0 Å². The molecule has 1 aromatic heterocycles. The number of fused-ring (bicyclic) bond motifs is 1. The van der Waals surface area contributed by atoms with E-state index < -0.39 is 0 Å². The Balaban J connectivity index is 1.35. The zero-order valence-corrected chi connectivity index (χ0v) is 13.4. The molecule has 4 rings (SSSR count). The third-order valence-corrected chi connectivity index (χ3v) is 5.77. The van der Waals surface area contributed by atoms with Gasteiger partial charge in [0.25, 0.3) is 0 Å². The number of aromatic nitrogens is 1. The van der Waals surface area contributed by atoms with Crippen molar-refractivity contribution in [3.8, 4) is 0 Å². The van der Waals surface area contributed by atoms with Gasteiger partial charge in [0.1, 0.15) is 0 Å². The highest BCUT2D eigenvalue weighted by Gasteiger charge is 2.42. The van der Waals surface area contributed by atoms with Gasteiger partial charge in [0, 0.05) is 63.9 Å². The summed E-state index contributed by atoms with van der Waals surface area (Å²) in [7, 11) is 0. The highest BCUT2D eigenvalue weighted by atomic mass is 16.5. The summed E-state index contributed by atoms with van der Waals surface area (Å²) in [5, 5.41) is 0. The second-order valence-electron chi connectivity index (χ2n) is 7.09. The third-order valence-electron chi connectivity index (χ3n) is 5.77. The van der Waals surface area contributed by atoms with E-state index in [0.29, 0.717) is 0 Å². The van der Waals surface area contributed by atoms with Crippen molar-refractivity contribution in [2.24, 2.45) is 5.92 Å². The van der Waals surface area contributed by atoms with Gasteiger partial charge >= 0.3 is 0 Å². The van der Waals surface area contributed by atoms with Gasteiger partial charge in [0.15, 0.2) is 0 Å². The van der Waals surface area contributed by atoms with Crippen LogP contribution in [-0.2, 0) is 11.3 Å². The molecule has 1 aromatic rings. The van der Waals surface area contributed by atoms with Gasteiger partial charge < -0.3 is 4.74 Å². The first kappa shape index (κ1) is 14.6. The summed E-state index contributed by atoms with van der Waals surface area (Å²) in [5.41, 5.74) is 1.40. The number of hydrogen-bond acceptors (Lipinski definition) is 4. The van der Waals surface area contributed by atoms with E-state index in [4.69, 9.17) is 4.74 Å². The van der Waals surface area contributed by atoms with Gasteiger partial charge in [-0.3, -0.25) is 14.8 Å². The number of nitrogens with zero attached hydrogens (tertiary/aromatic N) is 3. The lowest BCUT2D eigenvalue weighted by atomic mass is 9.99. The van der Waals surface area contributed by atoms with Crippen LogP contribution in [0.1, 0.15) is 31.2 Å². The normalized spacial score (nSPS) is 30.7. The second kappa shape index (κ2) is 6.65. The van der Waals surface area contributed by atoms with Crippen molar-refractivity contribution in [1.82, 2.24) is 14.8 Å². The molecule has 2 atom stereocenters. The smallest absolute Gasteiger partial charge is 0.0469 e. The highest BCUT2D eigenvalue weighted by molar-refractivity contribution is 5.11. The molecule has 0 amide bonds. The molecule has 0 aliphatic carbocycles. The second-order valence-corrected chi connectivity index (χ2v) is 7.09. The van der Waals surface area contributed by atoms with Crippen molar-refractivity contribution in [3.05, 3.63) is 30.1 Å². The molecule has 0 saturated carbocycles. The molecule has 3 aliphatic rings. The number of rotatable bonds is 4. The molecule has 0 bridgehead atoms. The quantitative estimate of drug-likeness (QED) is 0.852. The summed E-state index contributed by atoms with van der Waals surface area (Å²) in [5.74, 6) is 0.863. The van der Waals surface area contributed by atoms with E-state index in [9.17, 15) is 0 Å². The number of ether oxygens (including phenoxy) is 1. The monoisotopic (exact) mass is 301 g/mol. The standard InChI is InChI=1S/C18H27N3O/c1-7-19-8-2-15(1)13-20-9-3-18-17(20)4-10-21(18)14-16-5-11-22-12-6-16/h1-2,7-8,16-18H,3-6,9-14H2/t17-,18-/m0/s1. The molecule has 4 nitrogen and oxygen atoms in total. The fourth-order valence-corrected chi connectivity index (χ4v) is 4.57. The van der Waals surface area contributed by atoms with Gasteiger partial charge in [0.05, 0.1) is 0 Å². The first-order valence-corrected chi connectivity index (χ1v) is 8.85. The van der Waals surface area contributed by atoms with Crippen LogP contribution in [0.25, 0.3) is 0 Å². The van der Waals surface area contributed by atoms with Crippen molar-refractivity contribution in [2.75, 3.05) is 32.8 Å². The van der Waals surface area contributed by atoms with Gasteiger partial charge in [-0.05, 0) is 49.3 Å². The summed E-state index contributed by atoms with van der Waals surface area (Å²) < 4.78 is 5.50. The molecular weight excluding hydrogens is 274 g/mol. The number of hydrogen-bond donors (Lipinski definition) is 0. The average molecular weight is 301 g/mol. The Morgan fingerprint density at radius 2 is 1.64 bits per heavy atom. The van der Waals surface area contributed by atoms with Crippen molar-refractivity contribution in [1.29, 1.82) is 0 Å². The van der Waals surface area contributed by atoms with Crippen molar-refractivity contribution in [3.63, 3.8) is 0 Å². The van der Waals surface area contributed by atoms with E-state index >= 15 is 0 Å². The lowest BCUT2D eigenvalue weighted by Gasteiger charge is -2.30. The van der Waals surface area contributed by atoms with Gasteiger partial charge in [0.2, 0.25) is 0 Å². The maximum absolute atomic E-state index is 5.50. The van der Waals surface area contributed by atoms with E-state index in [2.05, 4.69) is 26.9 Å². The third kappa shape index (κ3) is 3.05.